The molecular formula is C12H14Br2N2O3. The number of hydrogen-bond acceptors (Lipinski definition) is 2. The molecule has 0 aromatic heterocycles. The molecule has 3 N–H and O–H groups in total. The van der Waals surface area contributed by atoms with Crippen molar-refractivity contribution in [1.82, 2.24) is 5.32 Å². The summed E-state index contributed by atoms with van der Waals surface area (Å²) in [5.41, 5.74) is 0.607. The number of carbonyl (C=O) groups excluding carboxylic acids is 1. The predicted octanol–water partition coefficient (Wildman–Crippen LogP) is 3.44. The molecule has 0 spiro atoms. The molecule has 0 saturated heterocycles. The Bertz CT molecular complexity index is 494. The largest absolute Gasteiger partial charge is 0.481 e. The van der Waals surface area contributed by atoms with Gasteiger partial charge in [0.25, 0.3) is 0 Å². The van der Waals surface area contributed by atoms with Crippen LogP contribution in [0.3, 0.4) is 0 Å². The third kappa shape index (κ3) is 4.83. The van der Waals surface area contributed by atoms with E-state index in [0.717, 1.165) is 8.95 Å². The summed E-state index contributed by atoms with van der Waals surface area (Å²) in [6, 6.07) is 4.43. The maximum Gasteiger partial charge on any atom is 0.319 e. The van der Waals surface area contributed by atoms with Gasteiger partial charge in [0.05, 0.1) is 11.6 Å². The minimum Gasteiger partial charge on any atom is -0.481 e. The zero-order valence-electron chi connectivity index (χ0n) is 10.4. The van der Waals surface area contributed by atoms with E-state index in [2.05, 4.69) is 42.5 Å². The third-order valence-corrected chi connectivity index (χ3v) is 3.83. The number of amides is 2. The smallest absolute Gasteiger partial charge is 0.319 e. The quantitative estimate of drug-likeness (QED) is 0.733. The second-order valence-corrected chi connectivity index (χ2v) is 5.91. The summed E-state index contributed by atoms with van der Waals surface area (Å²) >= 11 is 6.64. The van der Waals surface area contributed by atoms with Gasteiger partial charge in [-0.3, -0.25) is 4.79 Å². The Morgan fingerprint density at radius 1 is 1.26 bits per heavy atom. The lowest BCUT2D eigenvalue weighted by atomic mass is 10.0. The summed E-state index contributed by atoms with van der Waals surface area (Å²) < 4.78 is 1.62. The number of halogens is 2. The average Bonchev–Trinajstić information content (AvgIpc) is 2.31. The van der Waals surface area contributed by atoms with Crippen molar-refractivity contribution in [2.24, 2.45) is 5.92 Å². The van der Waals surface area contributed by atoms with Crippen LogP contribution in [0.2, 0.25) is 0 Å². The SMILES string of the molecule is CC(NC(=O)Nc1ccc(Br)cc1Br)C(C)C(=O)O. The molecule has 19 heavy (non-hydrogen) atoms. The highest BCUT2D eigenvalue weighted by molar-refractivity contribution is 9.11. The number of hydrogen-bond donors (Lipinski definition) is 3. The molecule has 5 nitrogen and oxygen atoms in total. The molecule has 1 aromatic rings. The molecule has 0 radical (unpaired) electrons. The number of anilines is 1. The molecule has 0 aliphatic carbocycles. The predicted molar refractivity (Wildman–Crippen MR) is 80.3 cm³/mol. The van der Waals surface area contributed by atoms with Crippen LogP contribution in [0.1, 0.15) is 13.8 Å². The Kier molecular flexibility index (Phi) is 5.81. The number of carboxylic acids is 1. The molecule has 0 saturated carbocycles. The summed E-state index contributed by atoms with van der Waals surface area (Å²) in [5, 5.41) is 14.1. The first-order chi connectivity index (χ1) is 8.81. The fourth-order valence-electron chi connectivity index (χ4n) is 1.29. The van der Waals surface area contributed by atoms with Crippen molar-refractivity contribution in [2.75, 3.05) is 5.32 Å². The highest BCUT2D eigenvalue weighted by Crippen LogP contribution is 2.26. The Labute approximate surface area is 128 Å². The standard InChI is InChI=1S/C12H14Br2N2O3/c1-6(11(17)18)7(2)15-12(19)16-10-4-3-8(13)5-9(10)14/h3-7H,1-2H3,(H,17,18)(H2,15,16,19). The van der Waals surface area contributed by atoms with Crippen LogP contribution in [0.15, 0.2) is 27.1 Å². The molecule has 0 heterocycles. The molecule has 1 rings (SSSR count). The average molecular weight is 394 g/mol. The van der Waals surface area contributed by atoms with Gasteiger partial charge in [0.15, 0.2) is 0 Å². The summed E-state index contributed by atoms with van der Waals surface area (Å²) in [4.78, 5) is 22.5. The van der Waals surface area contributed by atoms with Crippen molar-refractivity contribution in [3.8, 4) is 0 Å². The monoisotopic (exact) mass is 392 g/mol. The number of benzene rings is 1. The van der Waals surface area contributed by atoms with Crippen LogP contribution in [0.25, 0.3) is 0 Å². The second kappa shape index (κ2) is 6.91. The molecule has 2 atom stereocenters. The third-order valence-electron chi connectivity index (χ3n) is 2.68. The van der Waals surface area contributed by atoms with Gasteiger partial charge in [0.2, 0.25) is 0 Å². The van der Waals surface area contributed by atoms with Crippen LogP contribution in [0.4, 0.5) is 10.5 Å². The van der Waals surface area contributed by atoms with Gasteiger partial charge in [-0.1, -0.05) is 15.9 Å². The zero-order valence-corrected chi connectivity index (χ0v) is 13.6. The molecule has 0 fully saturated rings. The molecule has 2 amide bonds. The van der Waals surface area contributed by atoms with Crippen LogP contribution >= 0.6 is 31.9 Å². The number of rotatable bonds is 4. The molecule has 7 heteroatoms. The van der Waals surface area contributed by atoms with Gasteiger partial charge in [0.1, 0.15) is 0 Å². The summed E-state index contributed by atoms with van der Waals surface area (Å²) in [5.74, 6) is -1.60. The van der Waals surface area contributed by atoms with E-state index in [4.69, 9.17) is 5.11 Å². The fraction of sp³-hybridized carbons (Fsp3) is 0.333. The number of urea groups is 1. The molecular weight excluding hydrogens is 380 g/mol. The topological polar surface area (TPSA) is 78.4 Å². The van der Waals surface area contributed by atoms with Crippen molar-refractivity contribution in [1.29, 1.82) is 0 Å². The molecule has 0 aliphatic heterocycles. The lowest BCUT2D eigenvalue weighted by molar-refractivity contribution is -0.141. The van der Waals surface area contributed by atoms with Gasteiger partial charge in [-0.05, 0) is 48.0 Å². The van der Waals surface area contributed by atoms with Gasteiger partial charge in [-0.2, -0.15) is 0 Å². The number of carbonyl (C=O) groups is 2. The van der Waals surface area contributed by atoms with Crippen LogP contribution in [-0.4, -0.2) is 23.1 Å². The summed E-state index contributed by atoms with van der Waals surface area (Å²) in [6.45, 7) is 3.19. The Balaban J connectivity index is 2.63. The van der Waals surface area contributed by atoms with Crippen LogP contribution in [0, 0.1) is 5.92 Å². The Morgan fingerprint density at radius 2 is 1.89 bits per heavy atom. The highest BCUT2D eigenvalue weighted by atomic mass is 79.9. The van der Waals surface area contributed by atoms with E-state index in [-0.39, 0.29) is 0 Å². The van der Waals surface area contributed by atoms with Crippen molar-refractivity contribution in [3.05, 3.63) is 27.1 Å². The van der Waals surface area contributed by atoms with Crippen molar-refractivity contribution < 1.29 is 14.7 Å². The maximum absolute atomic E-state index is 11.7. The molecule has 104 valence electrons. The molecule has 2 unspecified atom stereocenters. The van der Waals surface area contributed by atoms with E-state index in [1.54, 1.807) is 32.0 Å². The maximum atomic E-state index is 11.7. The Morgan fingerprint density at radius 3 is 2.42 bits per heavy atom. The zero-order chi connectivity index (χ0) is 14.6. The fourth-order valence-corrected chi connectivity index (χ4v) is 2.44. The number of aliphatic carboxylic acids is 1. The first-order valence-electron chi connectivity index (χ1n) is 5.56. The van der Waals surface area contributed by atoms with E-state index in [1.165, 1.54) is 0 Å². The first kappa shape index (κ1) is 16.0. The minimum absolute atomic E-state index is 0.441. The molecule has 0 bridgehead atoms. The van der Waals surface area contributed by atoms with Gasteiger partial charge >= 0.3 is 12.0 Å². The minimum atomic E-state index is -0.947. The molecule has 1 aromatic carbocycles. The van der Waals surface area contributed by atoms with Gasteiger partial charge in [-0.25, -0.2) is 4.79 Å². The normalized spacial score (nSPS) is 13.5. The van der Waals surface area contributed by atoms with E-state index in [9.17, 15) is 9.59 Å². The molecule has 0 aliphatic rings. The summed E-state index contributed by atoms with van der Waals surface area (Å²) in [7, 11) is 0. The lowest BCUT2D eigenvalue weighted by Gasteiger charge is -2.18. The Hall–Kier alpha value is -1.08. The first-order valence-corrected chi connectivity index (χ1v) is 7.15. The number of carboxylic acid groups (broad SMARTS) is 1. The van der Waals surface area contributed by atoms with Gasteiger partial charge < -0.3 is 15.7 Å². The van der Waals surface area contributed by atoms with E-state index >= 15 is 0 Å². The summed E-state index contributed by atoms with van der Waals surface area (Å²) in [6.07, 6.45) is 0. The van der Waals surface area contributed by atoms with Crippen LogP contribution in [-0.2, 0) is 4.79 Å². The lowest BCUT2D eigenvalue weighted by Crippen LogP contribution is -2.42. The van der Waals surface area contributed by atoms with Crippen molar-refractivity contribution >= 4 is 49.5 Å². The van der Waals surface area contributed by atoms with E-state index < -0.39 is 24.0 Å². The number of nitrogens with one attached hydrogen (secondary N) is 2. The van der Waals surface area contributed by atoms with E-state index in [1.807, 2.05) is 0 Å². The van der Waals surface area contributed by atoms with Crippen molar-refractivity contribution in [2.45, 2.75) is 19.9 Å². The van der Waals surface area contributed by atoms with Crippen LogP contribution in [0.5, 0.6) is 0 Å². The van der Waals surface area contributed by atoms with Crippen LogP contribution < -0.4 is 10.6 Å². The highest BCUT2D eigenvalue weighted by Gasteiger charge is 2.21. The van der Waals surface area contributed by atoms with E-state index in [0.29, 0.717) is 5.69 Å². The second-order valence-electron chi connectivity index (χ2n) is 4.14. The van der Waals surface area contributed by atoms with Gasteiger partial charge in [0, 0.05) is 15.0 Å². The van der Waals surface area contributed by atoms with Gasteiger partial charge in [-0.15, -0.1) is 0 Å². The van der Waals surface area contributed by atoms with Crippen molar-refractivity contribution in [3.63, 3.8) is 0 Å².